The van der Waals surface area contributed by atoms with E-state index in [1.807, 2.05) is 0 Å². The van der Waals surface area contributed by atoms with Crippen LogP contribution in [-0.2, 0) is 9.59 Å². The molecular formula is C15H12N4O4S2. The topological polar surface area (TPSA) is 114 Å². The number of carbonyl (C=O) groups excluding carboxylic acids is 2. The van der Waals surface area contributed by atoms with Gasteiger partial charge >= 0.3 is 5.63 Å². The molecule has 25 heavy (non-hydrogen) atoms. The van der Waals surface area contributed by atoms with Crippen LogP contribution in [0.2, 0.25) is 0 Å². The first-order valence-corrected chi connectivity index (χ1v) is 8.87. The van der Waals surface area contributed by atoms with Crippen LogP contribution in [0.15, 0.2) is 43.9 Å². The van der Waals surface area contributed by atoms with Gasteiger partial charge in [0.15, 0.2) is 4.34 Å². The fourth-order valence-corrected chi connectivity index (χ4v) is 3.54. The van der Waals surface area contributed by atoms with Crippen molar-refractivity contribution in [2.24, 2.45) is 0 Å². The lowest BCUT2D eigenvalue weighted by Crippen LogP contribution is -2.13. The van der Waals surface area contributed by atoms with Crippen molar-refractivity contribution in [3.05, 3.63) is 40.8 Å². The highest BCUT2D eigenvalue weighted by atomic mass is 32.2. The lowest BCUT2D eigenvalue weighted by molar-refractivity contribution is -0.114. The third-order valence-corrected chi connectivity index (χ3v) is 4.89. The van der Waals surface area contributed by atoms with Gasteiger partial charge in [-0.25, -0.2) is 4.79 Å². The monoisotopic (exact) mass is 376 g/mol. The Kier molecular flexibility index (Phi) is 5.10. The molecule has 8 nitrogen and oxygen atoms in total. The van der Waals surface area contributed by atoms with Crippen LogP contribution in [0.1, 0.15) is 6.92 Å². The van der Waals surface area contributed by atoms with Gasteiger partial charge in [0.1, 0.15) is 5.58 Å². The smallest absolute Gasteiger partial charge is 0.336 e. The number of carbonyl (C=O) groups is 2. The number of rotatable bonds is 5. The molecule has 0 saturated carbocycles. The summed E-state index contributed by atoms with van der Waals surface area (Å²) >= 11 is 2.42. The van der Waals surface area contributed by atoms with Gasteiger partial charge < -0.3 is 15.1 Å². The van der Waals surface area contributed by atoms with Gasteiger partial charge in [0.25, 0.3) is 0 Å². The highest BCUT2D eigenvalue weighted by molar-refractivity contribution is 8.01. The first-order valence-electron chi connectivity index (χ1n) is 7.07. The molecule has 0 aliphatic heterocycles. The fourth-order valence-electron chi connectivity index (χ4n) is 1.94. The van der Waals surface area contributed by atoms with E-state index in [9.17, 15) is 14.4 Å². The Morgan fingerprint density at radius 1 is 1.20 bits per heavy atom. The molecular weight excluding hydrogens is 364 g/mol. The Labute approximate surface area is 149 Å². The van der Waals surface area contributed by atoms with Gasteiger partial charge in [0.05, 0.1) is 5.75 Å². The largest absolute Gasteiger partial charge is 0.423 e. The van der Waals surface area contributed by atoms with E-state index >= 15 is 0 Å². The molecule has 0 bridgehead atoms. The molecule has 0 saturated heterocycles. The van der Waals surface area contributed by atoms with E-state index in [1.165, 1.54) is 36.1 Å². The summed E-state index contributed by atoms with van der Waals surface area (Å²) in [4.78, 5) is 34.1. The van der Waals surface area contributed by atoms with E-state index in [4.69, 9.17) is 4.42 Å². The van der Waals surface area contributed by atoms with Gasteiger partial charge in [0, 0.05) is 24.1 Å². The zero-order valence-corrected chi connectivity index (χ0v) is 14.6. The second-order valence-corrected chi connectivity index (χ2v) is 7.10. The van der Waals surface area contributed by atoms with Gasteiger partial charge in [-0.3, -0.25) is 9.59 Å². The second kappa shape index (κ2) is 7.45. The lowest BCUT2D eigenvalue weighted by atomic mass is 10.2. The van der Waals surface area contributed by atoms with Gasteiger partial charge in [0.2, 0.25) is 16.9 Å². The number of nitrogens with one attached hydrogen (secondary N) is 2. The molecule has 1 aromatic carbocycles. The van der Waals surface area contributed by atoms with Crippen LogP contribution in [0.4, 0.5) is 10.8 Å². The Balaban J connectivity index is 1.59. The summed E-state index contributed by atoms with van der Waals surface area (Å²) in [6.07, 6.45) is 0. The minimum absolute atomic E-state index is 0.149. The summed E-state index contributed by atoms with van der Waals surface area (Å²) in [5.41, 5.74) is 0.638. The van der Waals surface area contributed by atoms with Gasteiger partial charge in [-0.15, -0.1) is 10.2 Å². The van der Waals surface area contributed by atoms with Crippen molar-refractivity contribution in [1.29, 1.82) is 0 Å². The maximum absolute atomic E-state index is 12.0. The van der Waals surface area contributed by atoms with Crippen molar-refractivity contribution in [3.8, 4) is 0 Å². The summed E-state index contributed by atoms with van der Waals surface area (Å²) in [6, 6.07) is 7.97. The molecule has 0 unspecified atom stereocenters. The number of thioether (sulfide) groups is 1. The van der Waals surface area contributed by atoms with Crippen molar-refractivity contribution >= 4 is 56.7 Å². The third kappa shape index (κ3) is 4.64. The minimum Gasteiger partial charge on any atom is -0.423 e. The number of nitrogens with zero attached hydrogens (tertiary/aromatic N) is 2. The molecule has 0 atom stereocenters. The first-order chi connectivity index (χ1) is 12.0. The van der Waals surface area contributed by atoms with Crippen molar-refractivity contribution < 1.29 is 14.0 Å². The van der Waals surface area contributed by atoms with Crippen LogP contribution in [0.5, 0.6) is 0 Å². The number of amides is 2. The summed E-state index contributed by atoms with van der Waals surface area (Å²) in [6.45, 7) is 1.39. The molecule has 0 radical (unpaired) electrons. The van der Waals surface area contributed by atoms with Gasteiger partial charge in [-0.05, 0) is 24.3 Å². The molecule has 3 rings (SSSR count). The molecule has 2 heterocycles. The van der Waals surface area contributed by atoms with E-state index in [0.717, 1.165) is 0 Å². The normalized spacial score (nSPS) is 10.6. The third-order valence-electron chi connectivity index (χ3n) is 2.92. The van der Waals surface area contributed by atoms with Crippen molar-refractivity contribution in [3.63, 3.8) is 0 Å². The van der Waals surface area contributed by atoms with Crippen LogP contribution >= 0.6 is 23.1 Å². The Hall–Kier alpha value is -2.72. The van der Waals surface area contributed by atoms with Gasteiger partial charge in [-0.1, -0.05) is 23.1 Å². The maximum Gasteiger partial charge on any atom is 0.336 e. The standard InChI is InChI=1S/C15H12N4O4S2/c1-8(20)16-14-18-19-15(25-14)24-7-12(21)17-10-3-4-11-9(6-10)2-5-13(22)23-11/h2-6H,7H2,1H3,(H,17,21)(H,16,18,20). The average Bonchev–Trinajstić information content (AvgIpc) is 3.00. The molecule has 3 aromatic rings. The predicted octanol–water partition coefficient (Wildman–Crippen LogP) is 2.33. The molecule has 2 amide bonds. The number of anilines is 2. The predicted molar refractivity (Wildman–Crippen MR) is 96.1 cm³/mol. The Morgan fingerprint density at radius 3 is 2.84 bits per heavy atom. The molecule has 0 aliphatic carbocycles. The highest BCUT2D eigenvalue weighted by Gasteiger charge is 2.09. The van der Waals surface area contributed by atoms with Crippen molar-refractivity contribution in [2.45, 2.75) is 11.3 Å². The number of hydrogen-bond acceptors (Lipinski definition) is 8. The molecule has 0 aliphatic rings. The minimum atomic E-state index is -0.420. The van der Waals surface area contributed by atoms with Crippen LogP contribution < -0.4 is 16.3 Å². The summed E-state index contributed by atoms with van der Waals surface area (Å²) in [7, 11) is 0. The van der Waals surface area contributed by atoms with Crippen molar-refractivity contribution in [2.75, 3.05) is 16.4 Å². The van der Waals surface area contributed by atoms with E-state index in [0.29, 0.717) is 26.1 Å². The van der Waals surface area contributed by atoms with E-state index in [1.54, 1.807) is 24.3 Å². The number of fused-ring (bicyclic) bond motifs is 1. The summed E-state index contributed by atoms with van der Waals surface area (Å²) in [5.74, 6) is -0.285. The van der Waals surface area contributed by atoms with Crippen LogP contribution in [0.3, 0.4) is 0 Å². The zero-order valence-electron chi connectivity index (χ0n) is 12.9. The highest BCUT2D eigenvalue weighted by Crippen LogP contribution is 2.25. The van der Waals surface area contributed by atoms with E-state index in [-0.39, 0.29) is 17.6 Å². The SMILES string of the molecule is CC(=O)Nc1nnc(SCC(=O)Nc2ccc3oc(=O)ccc3c2)s1. The first kappa shape index (κ1) is 17.1. The number of benzene rings is 1. The summed E-state index contributed by atoms with van der Waals surface area (Å²) < 4.78 is 5.62. The molecule has 0 fully saturated rings. The van der Waals surface area contributed by atoms with Crippen molar-refractivity contribution in [1.82, 2.24) is 10.2 Å². The fraction of sp³-hybridized carbons (Fsp3) is 0.133. The van der Waals surface area contributed by atoms with Gasteiger partial charge in [-0.2, -0.15) is 0 Å². The lowest BCUT2D eigenvalue weighted by Gasteiger charge is -2.05. The van der Waals surface area contributed by atoms with Crippen LogP contribution in [0, 0.1) is 0 Å². The van der Waals surface area contributed by atoms with E-state index < -0.39 is 5.63 Å². The second-order valence-electron chi connectivity index (χ2n) is 4.90. The molecule has 10 heteroatoms. The molecule has 2 N–H and O–H groups in total. The maximum atomic E-state index is 12.0. The quantitative estimate of drug-likeness (QED) is 0.399. The van der Waals surface area contributed by atoms with Crippen LogP contribution in [0.25, 0.3) is 11.0 Å². The number of aromatic nitrogens is 2. The average molecular weight is 376 g/mol. The van der Waals surface area contributed by atoms with Crippen LogP contribution in [-0.4, -0.2) is 27.8 Å². The Morgan fingerprint density at radius 2 is 2.04 bits per heavy atom. The molecule has 128 valence electrons. The Bertz CT molecular complexity index is 998. The molecule has 0 spiro atoms. The summed E-state index contributed by atoms with van der Waals surface area (Å²) in [5, 5.41) is 14.1. The van der Waals surface area contributed by atoms with E-state index in [2.05, 4.69) is 20.8 Å². The number of hydrogen-bond donors (Lipinski definition) is 2. The molecule has 2 aromatic heterocycles. The zero-order chi connectivity index (χ0) is 17.8.